The van der Waals surface area contributed by atoms with Gasteiger partial charge < -0.3 is 10.6 Å². The fraction of sp³-hybridized carbons (Fsp3) is 0.667. The average molecular weight is 110 g/mol. The summed E-state index contributed by atoms with van der Waals surface area (Å²) in [5, 5.41) is 6.52. The molecule has 1 saturated heterocycles. The zero-order valence-corrected chi connectivity index (χ0v) is 4.78. The largest absolute Gasteiger partial charge is 0.389 e. The molecule has 2 aliphatic rings. The van der Waals surface area contributed by atoms with Crippen molar-refractivity contribution >= 4 is 0 Å². The minimum absolute atomic E-state index is 0.815. The van der Waals surface area contributed by atoms with Crippen LogP contribution in [0.15, 0.2) is 11.9 Å². The van der Waals surface area contributed by atoms with Crippen LogP contribution in [0, 0.1) is 5.92 Å². The lowest BCUT2D eigenvalue weighted by atomic mass is 10.1. The smallest absolute Gasteiger partial charge is 0.0316 e. The van der Waals surface area contributed by atoms with Gasteiger partial charge in [-0.3, -0.25) is 0 Å². The molecule has 44 valence electrons. The summed E-state index contributed by atoms with van der Waals surface area (Å²) in [7, 11) is 0. The Balaban J connectivity index is 2.20. The highest BCUT2D eigenvalue weighted by molar-refractivity contribution is 5.13. The van der Waals surface area contributed by atoms with E-state index in [4.69, 9.17) is 0 Å². The van der Waals surface area contributed by atoms with Gasteiger partial charge in [-0.15, -0.1) is 0 Å². The fourth-order valence-electron chi connectivity index (χ4n) is 1.38. The van der Waals surface area contributed by atoms with Crippen LogP contribution >= 0.6 is 0 Å². The first-order valence-corrected chi connectivity index (χ1v) is 3.14. The third-order valence-corrected chi connectivity index (χ3v) is 1.88. The summed E-state index contributed by atoms with van der Waals surface area (Å²) >= 11 is 0. The van der Waals surface area contributed by atoms with E-state index in [-0.39, 0.29) is 0 Å². The van der Waals surface area contributed by atoms with E-state index < -0.39 is 0 Å². The predicted octanol–water partition coefficient (Wildman–Crippen LogP) is 0.0405. The molecule has 1 fully saturated rings. The number of hydrogen-bond acceptors (Lipinski definition) is 2. The Morgan fingerprint density at radius 1 is 1.62 bits per heavy atom. The van der Waals surface area contributed by atoms with E-state index >= 15 is 0 Å². The Morgan fingerprint density at radius 3 is 3.50 bits per heavy atom. The van der Waals surface area contributed by atoms with Crippen molar-refractivity contribution in [2.45, 2.75) is 6.42 Å². The molecule has 2 heteroatoms. The lowest BCUT2D eigenvalue weighted by molar-refractivity contribution is 0.647. The molecule has 0 aliphatic carbocycles. The predicted molar refractivity (Wildman–Crippen MR) is 32.2 cm³/mol. The van der Waals surface area contributed by atoms with Crippen LogP contribution in [0.2, 0.25) is 0 Å². The van der Waals surface area contributed by atoms with Crippen LogP contribution in [-0.4, -0.2) is 13.1 Å². The van der Waals surface area contributed by atoms with Gasteiger partial charge in [-0.05, 0) is 6.42 Å². The molecule has 0 bridgehead atoms. The van der Waals surface area contributed by atoms with Gasteiger partial charge in [0, 0.05) is 30.9 Å². The molecule has 2 rings (SSSR count). The molecule has 0 saturated carbocycles. The lowest BCUT2D eigenvalue weighted by Gasteiger charge is -1.97. The third kappa shape index (κ3) is 0.427. The molecular formula is C6H10N2. The van der Waals surface area contributed by atoms with Crippen molar-refractivity contribution < 1.29 is 0 Å². The maximum Gasteiger partial charge on any atom is 0.0316 e. The molecule has 0 aromatic heterocycles. The Bertz CT molecular complexity index is 128. The summed E-state index contributed by atoms with van der Waals surface area (Å²) in [6.07, 6.45) is 3.41. The van der Waals surface area contributed by atoms with Crippen molar-refractivity contribution in [2.24, 2.45) is 5.92 Å². The standard InChI is InChI=1S/C6H10N2/c1-2-8-6-4-7-3-5(1)6/h4-5,7-8H,1-3H2/t5-/m1/s1. The van der Waals surface area contributed by atoms with Crippen LogP contribution in [0.1, 0.15) is 6.42 Å². The second-order valence-electron chi connectivity index (χ2n) is 2.42. The molecule has 2 N–H and O–H groups in total. The van der Waals surface area contributed by atoms with Gasteiger partial charge in [-0.1, -0.05) is 0 Å². The summed E-state index contributed by atoms with van der Waals surface area (Å²) in [4.78, 5) is 0. The van der Waals surface area contributed by atoms with Gasteiger partial charge >= 0.3 is 0 Å². The maximum absolute atomic E-state index is 3.32. The monoisotopic (exact) mass is 110 g/mol. The van der Waals surface area contributed by atoms with Crippen LogP contribution in [0.4, 0.5) is 0 Å². The Hall–Kier alpha value is -0.660. The SMILES string of the molecule is C1=C2NCC[C@@H]2CN1. The second-order valence-corrected chi connectivity index (χ2v) is 2.42. The normalized spacial score (nSPS) is 33.0. The first-order chi connectivity index (χ1) is 3.97. The van der Waals surface area contributed by atoms with Gasteiger partial charge in [0.1, 0.15) is 0 Å². The van der Waals surface area contributed by atoms with Crippen LogP contribution in [-0.2, 0) is 0 Å². The highest BCUT2D eigenvalue weighted by Gasteiger charge is 2.23. The van der Waals surface area contributed by atoms with Crippen LogP contribution in [0.3, 0.4) is 0 Å². The molecule has 2 aliphatic heterocycles. The summed E-state index contributed by atoms with van der Waals surface area (Å²) in [5.41, 5.74) is 1.42. The summed E-state index contributed by atoms with van der Waals surface area (Å²) in [5.74, 6) is 0.815. The molecule has 0 spiro atoms. The molecule has 0 radical (unpaired) electrons. The molecule has 0 unspecified atom stereocenters. The Kier molecular flexibility index (Phi) is 0.745. The lowest BCUT2D eigenvalue weighted by Crippen LogP contribution is -2.07. The van der Waals surface area contributed by atoms with Gasteiger partial charge in [0.15, 0.2) is 0 Å². The van der Waals surface area contributed by atoms with E-state index in [9.17, 15) is 0 Å². The quantitative estimate of drug-likeness (QED) is 0.460. The van der Waals surface area contributed by atoms with Gasteiger partial charge in [0.05, 0.1) is 0 Å². The highest BCUT2D eigenvalue weighted by Crippen LogP contribution is 2.20. The molecule has 0 aromatic rings. The van der Waals surface area contributed by atoms with E-state index in [2.05, 4.69) is 16.8 Å². The molecule has 0 aromatic carbocycles. The van der Waals surface area contributed by atoms with Crippen molar-refractivity contribution in [2.75, 3.05) is 13.1 Å². The molecule has 0 amide bonds. The zero-order valence-electron chi connectivity index (χ0n) is 4.78. The molecule has 8 heavy (non-hydrogen) atoms. The summed E-state index contributed by atoms with van der Waals surface area (Å²) in [6, 6.07) is 0. The topological polar surface area (TPSA) is 24.1 Å². The summed E-state index contributed by atoms with van der Waals surface area (Å²) < 4.78 is 0. The number of hydrogen-bond donors (Lipinski definition) is 2. The molecule has 1 atom stereocenters. The number of fused-ring (bicyclic) bond motifs is 1. The summed E-state index contributed by atoms with van der Waals surface area (Å²) in [6.45, 7) is 2.33. The van der Waals surface area contributed by atoms with E-state index in [1.54, 1.807) is 0 Å². The van der Waals surface area contributed by atoms with Gasteiger partial charge in [0.25, 0.3) is 0 Å². The number of rotatable bonds is 0. The van der Waals surface area contributed by atoms with Gasteiger partial charge in [0.2, 0.25) is 0 Å². The Labute approximate surface area is 49.0 Å². The van der Waals surface area contributed by atoms with Crippen molar-refractivity contribution in [3.63, 3.8) is 0 Å². The van der Waals surface area contributed by atoms with Crippen molar-refractivity contribution in [1.82, 2.24) is 10.6 Å². The Morgan fingerprint density at radius 2 is 2.62 bits per heavy atom. The third-order valence-electron chi connectivity index (χ3n) is 1.88. The number of nitrogens with one attached hydrogen (secondary N) is 2. The van der Waals surface area contributed by atoms with Gasteiger partial charge in [-0.25, -0.2) is 0 Å². The van der Waals surface area contributed by atoms with E-state index in [1.807, 2.05) is 0 Å². The molecule has 2 nitrogen and oxygen atoms in total. The van der Waals surface area contributed by atoms with Crippen molar-refractivity contribution in [3.8, 4) is 0 Å². The maximum atomic E-state index is 3.32. The second kappa shape index (κ2) is 1.41. The van der Waals surface area contributed by atoms with Crippen LogP contribution < -0.4 is 10.6 Å². The van der Waals surface area contributed by atoms with Gasteiger partial charge in [-0.2, -0.15) is 0 Å². The first kappa shape index (κ1) is 4.24. The van der Waals surface area contributed by atoms with Crippen LogP contribution in [0.25, 0.3) is 0 Å². The fourth-order valence-corrected chi connectivity index (χ4v) is 1.38. The molecule has 2 heterocycles. The average Bonchev–Trinajstić information content (AvgIpc) is 2.15. The zero-order chi connectivity index (χ0) is 5.40. The molecular weight excluding hydrogens is 100 g/mol. The van der Waals surface area contributed by atoms with Crippen molar-refractivity contribution in [1.29, 1.82) is 0 Å². The van der Waals surface area contributed by atoms with E-state index in [0.29, 0.717) is 0 Å². The first-order valence-electron chi connectivity index (χ1n) is 3.14. The minimum atomic E-state index is 0.815. The van der Waals surface area contributed by atoms with E-state index in [0.717, 1.165) is 12.5 Å². The van der Waals surface area contributed by atoms with E-state index in [1.165, 1.54) is 18.7 Å². The highest BCUT2D eigenvalue weighted by atomic mass is 15.0. The van der Waals surface area contributed by atoms with Crippen molar-refractivity contribution in [3.05, 3.63) is 11.9 Å². The van der Waals surface area contributed by atoms with Crippen LogP contribution in [0.5, 0.6) is 0 Å². The minimum Gasteiger partial charge on any atom is -0.389 e.